The number of hydrogen-bond acceptors (Lipinski definition) is 4. The van der Waals surface area contributed by atoms with Crippen molar-refractivity contribution >= 4 is 27.1 Å². The van der Waals surface area contributed by atoms with Crippen molar-refractivity contribution < 1.29 is 13.5 Å². The van der Waals surface area contributed by atoms with Gasteiger partial charge in [-0.2, -0.15) is 0 Å². The van der Waals surface area contributed by atoms with E-state index in [2.05, 4.69) is 5.32 Å². The van der Waals surface area contributed by atoms with Crippen molar-refractivity contribution in [1.82, 2.24) is 0 Å². The number of para-hydroxylation sites is 2. The number of phenols is 1. The van der Waals surface area contributed by atoms with E-state index < -0.39 is 9.84 Å². The Kier molecular flexibility index (Phi) is 4.20. The van der Waals surface area contributed by atoms with Crippen molar-refractivity contribution in [2.75, 3.05) is 11.6 Å². The molecule has 0 atom stereocenters. The minimum Gasteiger partial charge on any atom is -0.506 e. The van der Waals surface area contributed by atoms with Crippen LogP contribution in [0.4, 0.5) is 5.69 Å². The van der Waals surface area contributed by atoms with Crippen LogP contribution >= 0.6 is 11.6 Å². The Hall–Kier alpha value is -1.72. The van der Waals surface area contributed by atoms with Gasteiger partial charge in [0.2, 0.25) is 0 Å². The van der Waals surface area contributed by atoms with Crippen molar-refractivity contribution in [3.63, 3.8) is 0 Å². The van der Waals surface area contributed by atoms with Crippen LogP contribution in [0.25, 0.3) is 0 Å². The van der Waals surface area contributed by atoms with Gasteiger partial charge in [-0.05, 0) is 18.2 Å². The van der Waals surface area contributed by atoms with Gasteiger partial charge in [0.1, 0.15) is 5.75 Å². The van der Waals surface area contributed by atoms with Gasteiger partial charge in [-0.1, -0.05) is 35.9 Å². The second kappa shape index (κ2) is 5.73. The smallest absolute Gasteiger partial charge is 0.177 e. The fraction of sp³-hybridized carbons (Fsp3) is 0.143. The molecular weight excluding hydrogens is 298 g/mol. The van der Waals surface area contributed by atoms with Crippen molar-refractivity contribution in [1.29, 1.82) is 0 Å². The minimum absolute atomic E-state index is 0.00139. The number of anilines is 1. The Labute approximate surface area is 122 Å². The summed E-state index contributed by atoms with van der Waals surface area (Å²) in [6.07, 6.45) is 1.16. The van der Waals surface area contributed by atoms with Gasteiger partial charge in [0, 0.05) is 18.4 Å². The number of hydrogen-bond donors (Lipinski definition) is 2. The molecule has 6 heteroatoms. The number of nitrogens with one attached hydrogen (secondary N) is 1. The summed E-state index contributed by atoms with van der Waals surface area (Å²) in [5.41, 5.74) is 1.09. The summed E-state index contributed by atoms with van der Waals surface area (Å²) < 4.78 is 23.4. The number of benzene rings is 2. The third kappa shape index (κ3) is 3.23. The van der Waals surface area contributed by atoms with Gasteiger partial charge in [-0.3, -0.25) is 0 Å². The Balaban J connectivity index is 2.26. The van der Waals surface area contributed by atoms with Gasteiger partial charge in [0.05, 0.1) is 15.6 Å². The average Bonchev–Trinajstić information content (AvgIpc) is 2.40. The van der Waals surface area contributed by atoms with Gasteiger partial charge in [-0.25, -0.2) is 8.42 Å². The molecular formula is C14H14ClNO3S. The summed E-state index contributed by atoms with van der Waals surface area (Å²) in [4.78, 5) is 0.224. The lowest BCUT2D eigenvalue weighted by molar-refractivity contribution is 0.469. The molecule has 0 aliphatic rings. The van der Waals surface area contributed by atoms with Crippen LogP contribution in [0.1, 0.15) is 5.56 Å². The van der Waals surface area contributed by atoms with Crippen molar-refractivity contribution in [2.45, 2.75) is 11.4 Å². The SMILES string of the molecule is CS(=O)(=O)c1ccccc1NCc1cccc(Cl)c1O. The highest BCUT2D eigenvalue weighted by Gasteiger charge is 2.13. The number of halogens is 1. The number of sulfone groups is 1. The first-order valence-electron chi connectivity index (χ1n) is 5.89. The molecule has 0 aliphatic heterocycles. The molecule has 0 aromatic heterocycles. The van der Waals surface area contributed by atoms with Crippen LogP contribution in [0.2, 0.25) is 5.02 Å². The van der Waals surface area contributed by atoms with Crippen molar-refractivity contribution in [3.8, 4) is 5.75 Å². The van der Waals surface area contributed by atoms with Crippen LogP contribution in [-0.4, -0.2) is 19.8 Å². The zero-order valence-electron chi connectivity index (χ0n) is 10.8. The third-order valence-corrected chi connectivity index (χ3v) is 4.29. The van der Waals surface area contributed by atoms with Gasteiger partial charge >= 0.3 is 0 Å². The summed E-state index contributed by atoms with van der Waals surface area (Å²) in [6, 6.07) is 11.7. The van der Waals surface area contributed by atoms with E-state index in [0.29, 0.717) is 11.3 Å². The monoisotopic (exact) mass is 311 g/mol. The lowest BCUT2D eigenvalue weighted by atomic mass is 10.2. The van der Waals surface area contributed by atoms with Crippen LogP contribution in [0, 0.1) is 0 Å². The molecule has 0 spiro atoms. The molecule has 0 heterocycles. The van der Waals surface area contributed by atoms with Crippen LogP contribution in [-0.2, 0) is 16.4 Å². The maximum absolute atomic E-state index is 11.7. The quantitative estimate of drug-likeness (QED) is 0.910. The zero-order valence-corrected chi connectivity index (χ0v) is 12.4. The van der Waals surface area contributed by atoms with Crippen molar-refractivity contribution in [3.05, 3.63) is 53.1 Å². The van der Waals surface area contributed by atoms with E-state index in [9.17, 15) is 13.5 Å². The highest BCUT2D eigenvalue weighted by molar-refractivity contribution is 7.90. The Bertz CT molecular complexity index is 729. The molecule has 4 nitrogen and oxygen atoms in total. The summed E-state index contributed by atoms with van der Waals surface area (Å²) in [7, 11) is -3.31. The van der Waals surface area contributed by atoms with E-state index in [0.717, 1.165) is 6.26 Å². The normalized spacial score (nSPS) is 11.3. The molecule has 0 saturated heterocycles. The maximum atomic E-state index is 11.7. The zero-order chi connectivity index (χ0) is 14.8. The van der Waals surface area contributed by atoms with Gasteiger partial charge in [-0.15, -0.1) is 0 Å². The third-order valence-electron chi connectivity index (χ3n) is 2.83. The summed E-state index contributed by atoms with van der Waals surface area (Å²) >= 11 is 5.83. The molecule has 0 fully saturated rings. The Morgan fingerprint density at radius 3 is 2.55 bits per heavy atom. The second-order valence-electron chi connectivity index (χ2n) is 4.37. The van der Waals surface area contributed by atoms with E-state index in [1.165, 1.54) is 6.07 Å². The second-order valence-corrected chi connectivity index (χ2v) is 6.76. The predicted octanol–water partition coefficient (Wildman–Crippen LogP) is 3.06. The topological polar surface area (TPSA) is 66.4 Å². The molecule has 106 valence electrons. The molecule has 0 amide bonds. The maximum Gasteiger partial charge on any atom is 0.177 e. The largest absolute Gasteiger partial charge is 0.506 e. The lowest BCUT2D eigenvalue weighted by Gasteiger charge is -2.12. The Morgan fingerprint density at radius 1 is 1.15 bits per heavy atom. The van der Waals surface area contributed by atoms with Crippen LogP contribution in [0.15, 0.2) is 47.4 Å². The standard InChI is InChI=1S/C14H14ClNO3S/c1-20(18,19)13-8-3-2-7-12(13)16-9-10-5-4-6-11(15)14(10)17/h2-8,16-17H,9H2,1H3. The van der Waals surface area contributed by atoms with Gasteiger partial charge < -0.3 is 10.4 Å². The van der Waals surface area contributed by atoms with E-state index in [-0.39, 0.29) is 22.2 Å². The molecule has 0 aliphatic carbocycles. The molecule has 0 bridgehead atoms. The highest BCUT2D eigenvalue weighted by atomic mass is 35.5. The average molecular weight is 312 g/mol. The van der Waals surface area contributed by atoms with Crippen molar-refractivity contribution in [2.24, 2.45) is 0 Å². The molecule has 0 unspecified atom stereocenters. The minimum atomic E-state index is -3.31. The van der Waals surface area contributed by atoms with E-state index >= 15 is 0 Å². The summed E-state index contributed by atoms with van der Waals surface area (Å²) in [5, 5.41) is 13.1. The summed E-state index contributed by atoms with van der Waals surface area (Å²) in [5.74, 6) is -0.00139. The first kappa shape index (κ1) is 14.7. The number of rotatable bonds is 4. The molecule has 0 radical (unpaired) electrons. The van der Waals surface area contributed by atoms with Gasteiger partial charge in [0.15, 0.2) is 9.84 Å². The lowest BCUT2D eigenvalue weighted by Crippen LogP contribution is -2.06. The van der Waals surface area contributed by atoms with Crippen LogP contribution in [0.3, 0.4) is 0 Å². The fourth-order valence-corrected chi connectivity index (χ4v) is 2.89. The molecule has 2 N–H and O–H groups in total. The first-order chi connectivity index (χ1) is 9.39. The van der Waals surface area contributed by atoms with Crippen LogP contribution < -0.4 is 5.32 Å². The van der Waals surface area contributed by atoms with E-state index in [1.54, 1.807) is 36.4 Å². The molecule has 0 saturated carbocycles. The number of aromatic hydroxyl groups is 1. The first-order valence-corrected chi connectivity index (χ1v) is 8.16. The molecule has 20 heavy (non-hydrogen) atoms. The molecule has 2 aromatic carbocycles. The highest BCUT2D eigenvalue weighted by Crippen LogP contribution is 2.28. The predicted molar refractivity (Wildman–Crippen MR) is 80.0 cm³/mol. The number of phenolic OH excluding ortho intramolecular Hbond substituents is 1. The summed E-state index contributed by atoms with van der Waals surface area (Å²) in [6.45, 7) is 0.277. The Morgan fingerprint density at radius 2 is 1.85 bits per heavy atom. The van der Waals surface area contributed by atoms with E-state index in [4.69, 9.17) is 11.6 Å². The van der Waals surface area contributed by atoms with Gasteiger partial charge in [0.25, 0.3) is 0 Å². The van der Waals surface area contributed by atoms with Crippen LogP contribution in [0.5, 0.6) is 5.75 Å². The molecule has 2 rings (SSSR count). The fourth-order valence-electron chi connectivity index (χ4n) is 1.83. The molecule has 2 aromatic rings. The van der Waals surface area contributed by atoms with E-state index in [1.807, 2.05) is 0 Å².